The van der Waals surface area contributed by atoms with Crippen LogP contribution < -0.4 is 4.72 Å². The van der Waals surface area contributed by atoms with E-state index in [2.05, 4.69) is 9.71 Å². The molecule has 0 fully saturated rings. The molecule has 0 spiro atoms. The number of sulfonamides is 1. The van der Waals surface area contributed by atoms with Gasteiger partial charge in [0.2, 0.25) is 0 Å². The number of nitrogens with zero attached hydrogens (tertiary/aromatic N) is 1. The number of carbonyl (C=O) groups is 1. The second-order valence-electron chi connectivity index (χ2n) is 5.58. The van der Waals surface area contributed by atoms with E-state index in [4.69, 9.17) is 5.11 Å². The second kappa shape index (κ2) is 7.37. The molecule has 0 aliphatic heterocycles. The fourth-order valence-corrected chi connectivity index (χ4v) is 3.44. The van der Waals surface area contributed by atoms with Crippen LogP contribution in [0.25, 0.3) is 11.1 Å². The van der Waals surface area contributed by atoms with Gasteiger partial charge in [0.15, 0.2) is 0 Å². The Morgan fingerprint density at radius 2 is 1.54 bits per heavy atom. The molecule has 0 atom stereocenters. The van der Waals surface area contributed by atoms with Crippen LogP contribution in [-0.2, 0) is 21.2 Å². The number of rotatable bonds is 6. The van der Waals surface area contributed by atoms with Gasteiger partial charge in [-0.3, -0.25) is 9.52 Å². The quantitative estimate of drug-likeness (QED) is 0.697. The van der Waals surface area contributed by atoms with Gasteiger partial charge in [-0.2, -0.15) is 0 Å². The van der Waals surface area contributed by atoms with E-state index in [1.165, 1.54) is 24.3 Å². The first kappa shape index (κ1) is 17.6. The lowest BCUT2D eigenvalue weighted by atomic mass is 10.1. The van der Waals surface area contributed by atoms with E-state index in [0.717, 1.165) is 11.1 Å². The molecule has 26 heavy (non-hydrogen) atoms. The second-order valence-corrected chi connectivity index (χ2v) is 7.26. The van der Waals surface area contributed by atoms with E-state index in [1.807, 2.05) is 30.3 Å². The largest absolute Gasteiger partial charge is 0.481 e. The summed E-state index contributed by atoms with van der Waals surface area (Å²) in [5.41, 5.74) is 2.18. The number of hydrogen-bond acceptors (Lipinski definition) is 4. The van der Waals surface area contributed by atoms with E-state index in [1.54, 1.807) is 18.2 Å². The molecular formula is C19H16N2O4S. The van der Waals surface area contributed by atoms with Crippen molar-refractivity contribution in [1.82, 2.24) is 4.98 Å². The van der Waals surface area contributed by atoms with Crippen molar-refractivity contribution in [1.29, 1.82) is 0 Å². The predicted octanol–water partition coefficient (Wildman–Crippen LogP) is 3.18. The third-order valence-corrected chi connectivity index (χ3v) is 5.02. The molecule has 1 aromatic heterocycles. The summed E-state index contributed by atoms with van der Waals surface area (Å²) in [5, 5.41) is 8.81. The average molecular weight is 368 g/mol. The lowest BCUT2D eigenvalue weighted by Gasteiger charge is -2.09. The van der Waals surface area contributed by atoms with Gasteiger partial charge in [0.25, 0.3) is 10.0 Å². The zero-order valence-corrected chi connectivity index (χ0v) is 14.5. The predicted molar refractivity (Wildman–Crippen MR) is 98.3 cm³/mol. The van der Waals surface area contributed by atoms with Crippen molar-refractivity contribution in [2.75, 3.05) is 4.72 Å². The van der Waals surface area contributed by atoms with E-state index >= 15 is 0 Å². The molecule has 7 heteroatoms. The fraction of sp³-hybridized carbons (Fsp3) is 0.0526. The molecular weight excluding hydrogens is 352 g/mol. The summed E-state index contributed by atoms with van der Waals surface area (Å²) in [4.78, 5) is 14.9. The van der Waals surface area contributed by atoms with Crippen LogP contribution in [0.3, 0.4) is 0 Å². The van der Waals surface area contributed by atoms with Crippen molar-refractivity contribution in [2.45, 2.75) is 11.3 Å². The summed E-state index contributed by atoms with van der Waals surface area (Å²) in [6, 6.07) is 20.7. The summed E-state index contributed by atoms with van der Waals surface area (Å²) in [6.07, 6.45) is -0.276. The van der Waals surface area contributed by atoms with Crippen molar-refractivity contribution in [2.24, 2.45) is 0 Å². The first-order valence-electron chi connectivity index (χ1n) is 7.80. The van der Waals surface area contributed by atoms with Gasteiger partial charge < -0.3 is 5.11 Å². The van der Waals surface area contributed by atoms with Crippen molar-refractivity contribution in [3.63, 3.8) is 0 Å². The Morgan fingerprint density at radius 3 is 2.19 bits per heavy atom. The highest BCUT2D eigenvalue weighted by molar-refractivity contribution is 7.92. The van der Waals surface area contributed by atoms with Crippen molar-refractivity contribution in [3.05, 3.63) is 78.5 Å². The fourth-order valence-electron chi connectivity index (χ4n) is 2.44. The first-order valence-corrected chi connectivity index (χ1v) is 9.28. The number of nitrogens with one attached hydrogen (secondary N) is 1. The molecule has 2 N–H and O–H groups in total. The van der Waals surface area contributed by atoms with Gasteiger partial charge in [-0.25, -0.2) is 13.4 Å². The highest BCUT2D eigenvalue weighted by Gasteiger charge is 2.15. The van der Waals surface area contributed by atoms with Crippen LogP contribution in [0.4, 0.5) is 5.82 Å². The monoisotopic (exact) mass is 368 g/mol. The number of aliphatic carboxylic acids is 1. The summed E-state index contributed by atoms with van der Waals surface area (Å²) in [6.45, 7) is 0. The minimum absolute atomic E-state index is 0.0795. The molecule has 0 bridgehead atoms. The molecule has 132 valence electrons. The third-order valence-electron chi connectivity index (χ3n) is 3.65. The van der Waals surface area contributed by atoms with Crippen LogP contribution in [0.1, 0.15) is 5.69 Å². The topological polar surface area (TPSA) is 96.4 Å². The van der Waals surface area contributed by atoms with Gasteiger partial charge >= 0.3 is 5.97 Å². The molecule has 6 nitrogen and oxygen atoms in total. The lowest BCUT2D eigenvalue weighted by Crippen LogP contribution is -2.14. The molecule has 2 aromatic carbocycles. The number of aromatic nitrogens is 1. The maximum Gasteiger partial charge on any atom is 0.309 e. The van der Waals surface area contributed by atoms with Crippen molar-refractivity contribution >= 4 is 21.8 Å². The zero-order valence-electron chi connectivity index (χ0n) is 13.7. The lowest BCUT2D eigenvalue weighted by molar-refractivity contribution is -0.136. The molecule has 1 heterocycles. The van der Waals surface area contributed by atoms with Gasteiger partial charge in [0.05, 0.1) is 17.0 Å². The molecule has 0 aliphatic rings. The van der Waals surface area contributed by atoms with Gasteiger partial charge in [-0.1, -0.05) is 48.5 Å². The van der Waals surface area contributed by atoms with Crippen LogP contribution in [0.2, 0.25) is 0 Å². The number of carboxylic acids is 1. The van der Waals surface area contributed by atoms with E-state index in [-0.39, 0.29) is 22.8 Å². The Morgan fingerprint density at radius 1 is 0.885 bits per heavy atom. The normalized spacial score (nSPS) is 11.1. The first-order chi connectivity index (χ1) is 12.4. The Hall–Kier alpha value is -3.19. The maximum atomic E-state index is 12.5. The molecule has 0 unspecified atom stereocenters. The highest BCUT2D eigenvalue weighted by Crippen LogP contribution is 2.22. The molecule has 3 rings (SSSR count). The van der Waals surface area contributed by atoms with Crippen LogP contribution >= 0.6 is 0 Å². The molecule has 0 amide bonds. The number of hydrogen-bond donors (Lipinski definition) is 2. The summed E-state index contributed by atoms with van der Waals surface area (Å²) >= 11 is 0. The Balaban J connectivity index is 1.81. The minimum atomic E-state index is -3.82. The van der Waals surface area contributed by atoms with E-state index < -0.39 is 16.0 Å². The van der Waals surface area contributed by atoms with Gasteiger partial charge in [-0.05, 0) is 35.4 Å². The van der Waals surface area contributed by atoms with Crippen LogP contribution in [-0.4, -0.2) is 24.5 Å². The summed E-state index contributed by atoms with van der Waals surface area (Å²) in [5.74, 6) is -0.954. The van der Waals surface area contributed by atoms with E-state index in [0.29, 0.717) is 0 Å². The highest BCUT2D eigenvalue weighted by atomic mass is 32.2. The van der Waals surface area contributed by atoms with Crippen LogP contribution in [0.5, 0.6) is 0 Å². The number of carboxylic acid groups (broad SMARTS) is 1. The average Bonchev–Trinajstić information content (AvgIpc) is 2.62. The van der Waals surface area contributed by atoms with Gasteiger partial charge in [0.1, 0.15) is 5.82 Å². The Kier molecular flexibility index (Phi) is 4.99. The smallest absolute Gasteiger partial charge is 0.309 e. The number of benzene rings is 2. The van der Waals surface area contributed by atoms with Gasteiger partial charge in [-0.15, -0.1) is 0 Å². The standard InChI is InChI=1S/C19H16N2O4S/c22-19(23)13-16-7-4-8-18(20-16)21-26(24,25)17-11-9-15(10-12-17)14-5-2-1-3-6-14/h1-12H,13H2,(H,20,21)(H,22,23). The molecule has 0 radical (unpaired) electrons. The van der Waals surface area contributed by atoms with Crippen LogP contribution in [0, 0.1) is 0 Å². The Bertz CT molecular complexity index is 1020. The van der Waals surface area contributed by atoms with Crippen molar-refractivity contribution < 1.29 is 18.3 Å². The SMILES string of the molecule is O=C(O)Cc1cccc(NS(=O)(=O)c2ccc(-c3ccccc3)cc2)n1. The minimum Gasteiger partial charge on any atom is -0.481 e. The third kappa shape index (κ3) is 4.25. The summed E-state index contributed by atoms with van der Waals surface area (Å²) < 4.78 is 27.4. The number of anilines is 1. The molecule has 3 aromatic rings. The van der Waals surface area contributed by atoms with E-state index in [9.17, 15) is 13.2 Å². The Labute approximate surface area is 151 Å². The molecule has 0 saturated carbocycles. The maximum absolute atomic E-state index is 12.5. The van der Waals surface area contributed by atoms with Gasteiger partial charge in [0, 0.05) is 0 Å². The van der Waals surface area contributed by atoms with Crippen LogP contribution in [0.15, 0.2) is 77.7 Å². The van der Waals surface area contributed by atoms with Crippen molar-refractivity contribution in [3.8, 4) is 11.1 Å². The summed E-state index contributed by atoms with van der Waals surface area (Å²) in [7, 11) is -3.82. The molecule has 0 saturated heterocycles. The number of pyridine rings is 1. The zero-order chi connectivity index (χ0) is 18.6. The molecule has 0 aliphatic carbocycles.